The average molecular weight is 605 g/mol. The molecule has 3 aromatic carbocycles. The number of sulfonamides is 1. The molecule has 0 unspecified atom stereocenters. The molecular formula is C30H35Cl2N3O4S. The van der Waals surface area contributed by atoms with Crippen LogP contribution >= 0.6 is 23.2 Å². The number of carbonyl (C=O) groups excluding carboxylic acids is 2. The molecule has 0 aromatic heterocycles. The first-order chi connectivity index (χ1) is 18.8. The summed E-state index contributed by atoms with van der Waals surface area (Å²) in [6.45, 7) is 9.35. The third-order valence-corrected chi connectivity index (χ3v) is 9.00. The second-order valence-electron chi connectivity index (χ2n) is 10.2. The Morgan fingerprint density at radius 2 is 1.45 bits per heavy atom. The number of nitrogens with one attached hydrogen (secondary N) is 1. The van der Waals surface area contributed by atoms with Gasteiger partial charge in [0.05, 0.1) is 20.6 Å². The molecule has 3 rings (SSSR count). The van der Waals surface area contributed by atoms with Crippen molar-refractivity contribution in [1.29, 1.82) is 0 Å². The van der Waals surface area contributed by atoms with Gasteiger partial charge >= 0.3 is 0 Å². The van der Waals surface area contributed by atoms with Gasteiger partial charge in [0.1, 0.15) is 12.6 Å². The van der Waals surface area contributed by atoms with Gasteiger partial charge in [-0.1, -0.05) is 90.6 Å². The fraction of sp³-hybridized carbons (Fsp3) is 0.333. The van der Waals surface area contributed by atoms with Gasteiger partial charge in [0.15, 0.2) is 0 Å². The Kier molecular flexibility index (Phi) is 10.6. The Hall–Kier alpha value is -3.07. The van der Waals surface area contributed by atoms with Crippen LogP contribution in [0.25, 0.3) is 0 Å². The average Bonchev–Trinajstić information content (AvgIpc) is 2.91. The highest BCUT2D eigenvalue weighted by Gasteiger charge is 2.33. The molecule has 1 atom stereocenters. The number of carbonyl (C=O) groups is 2. The summed E-state index contributed by atoms with van der Waals surface area (Å²) in [5, 5.41) is 3.02. The van der Waals surface area contributed by atoms with Gasteiger partial charge in [-0.05, 0) is 56.5 Å². The largest absolute Gasteiger partial charge is 0.354 e. The number of benzene rings is 3. The van der Waals surface area contributed by atoms with Gasteiger partial charge in [-0.25, -0.2) is 8.42 Å². The standard InChI is InChI=1S/C30H35Cl2N3O4S/c1-20(2)17-33-30(37)23(5)34(18-24-13-9-21(3)10-14-24)28(36)19-35(27-8-6-7-26(31)29(27)32)40(38,39)25-15-11-22(4)12-16-25/h6-16,20,23H,17-19H2,1-5H3,(H,33,37)/t23-/m1/s1. The van der Waals surface area contributed by atoms with Crippen molar-refractivity contribution in [2.24, 2.45) is 5.92 Å². The fourth-order valence-electron chi connectivity index (χ4n) is 3.96. The first kappa shape index (κ1) is 31.5. The number of halogens is 2. The normalized spacial score (nSPS) is 12.2. The van der Waals surface area contributed by atoms with Crippen LogP contribution in [0.3, 0.4) is 0 Å². The quantitative estimate of drug-likeness (QED) is 0.291. The fourth-order valence-corrected chi connectivity index (χ4v) is 5.83. The lowest BCUT2D eigenvalue weighted by Crippen LogP contribution is -2.51. The number of amides is 2. The lowest BCUT2D eigenvalue weighted by molar-refractivity contribution is -0.139. The highest BCUT2D eigenvalue weighted by Crippen LogP contribution is 2.35. The molecule has 0 aliphatic rings. The van der Waals surface area contributed by atoms with Crippen molar-refractivity contribution in [1.82, 2.24) is 10.2 Å². The van der Waals surface area contributed by atoms with Crippen molar-refractivity contribution >= 4 is 50.7 Å². The van der Waals surface area contributed by atoms with Gasteiger partial charge in [0, 0.05) is 13.1 Å². The van der Waals surface area contributed by atoms with Crippen LogP contribution in [0.4, 0.5) is 5.69 Å². The summed E-state index contributed by atoms with van der Waals surface area (Å²) in [7, 11) is -4.24. The van der Waals surface area contributed by atoms with Gasteiger partial charge in [-0.2, -0.15) is 0 Å². The lowest BCUT2D eigenvalue weighted by atomic mass is 10.1. The van der Waals surface area contributed by atoms with E-state index in [1.54, 1.807) is 25.1 Å². The molecule has 1 N–H and O–H groups in total. The molecular weight excluding hydrogens is 569 g/mol. The highest BCUT2D eigenvalue weighted by atomic mass is 35.5. The molecule has 3 aromatic rings. The van der Waals surface area contributed by atoms with Crippen LogP contribution in [-0.4, -0.2) is 44.3 Å². The molecule has 0 spiro atoms. The maximum Gasteiger partial charge on any atom is 0.264 e. The van der Waals surface area contributed by atoms with Crippen LogP contribution < -0.4 is 9.62 Å². The zero-order chi connectivity index (χ0) is 29.6. The predicted octanol–water partition coefficient (Wildman–Crippen LogP) is 6.00. The Morgan fingerprint density at radius 1 is 0.875 bits per heavy atom. The van der Waals surface area contributed by atoms with Gasteiger partial charge < -0.3 is 10.2 Å². The van der Waals surface area contributed by atoms with Crippen LogP contribution in [0, 0.1) is 19.8 Å². The third kappa shape index (κ3) is 7.77. The molecule has 0 saturated heterocycles. The Balaban J connectivity index is 2.05. The van der Waals surface area contributed by atoms with Gasteiger partial charge in [-0.15, -0.1) is 0 Å². The van der Waals surface area contributed by atoms with Crippen LogP contribution in [0.15, 0.2) is 71.6 Å². The van der Waals surface area contributed by atoms with Crippen LogP contribution in [0.2, 0.25) is 10.0 Å². The maximum atomic E-state index is 14.0. The number of hydrogen-bond donors (Lipinski definition) is 1. The summed E-state index contributed by atoms with van der Waals surface area (Å²) in [4.78, 5) is 28.4. The van der Waals surface area contributed by atoms with Gasteiger partial charge in [0.25, 0.3) is 10.0 Å². The Labute approximate surface area is 247 Å². The molecule has 7 nitrogen and oxygen atoms in total. The minimum Gasteiger partial charge on any atom is -0.354 e. The molecule has 214 valence electrons. The first-order valence-corrected chi connectivity index (χ1v) is 15.2. The molecule has 0 aliphatic heterocycles. The molecule has 0 saturated carbocycles. The summed E-state index contributed by atoms with van der Waals surface area (Å²) in [6, 6.07) is 17.6. The Morgan fingerprint density at radius 3 is 2.02 bits per heavy atom. The van der Waals surface area contributed by atoms with E-state index in [0.717, 1.165) is 21.0 Å². The second-order valence-corrected chi connectivity index (χ2v) is 12.9. The van der Waals surface area contributed by atoms with Gasteiger partial charge in [0.2, 0.25) is 11.8 Å². The maximum absolute atomic E-state index is 14.0. The van der Waals surface area contributed by atoms with E-state index >= 15 is 0 Å². The van der Waals surface area contributed by atoms with E-state index in [1.807, 2.05) is 52.0 Å². The molecule has 2 amide bonds. The molecule has 0 bridgehead atoms. The van der Waals surface area contributed by atoms with E-state index in [9.17, 15) is 18.0 Å². The van der Waals surface area contributed by atoms with Crippen LogP contribution in [0.5, 0.6) is 0 Å². The summed E-state index contributed by atoms with van der Waals surface area (Å²) in [5.74, 6) is -0.681. The lowest BCUT2D eigenvalue weighted by Gasteiger charge is -2.32. The summed E-state index contributed by atoms with van der Waals surface area (Å²) in [5.41, 5.74) is 2.80. The molecule has 0 heterocycles. The van der Waals surface area contributed by atoms with E-state index in [1.165, 1.54) is 29.2 Å². The first-order valence-electron chi connectivity index (χ1n) is 13.0. The van der Waals surface area contributed by atoms with E-state index in [0.29, 0.717) is 6.54 Å². The van der Waals surface area contributed by atoms with Crippen molar-refractivity contribution < 1.29 is 18.0 Å². The molecule has 0 radical (unpaired) electrons. The van der Waals surface area contributed by atoms with Crippen LogP contribution in [0.1, 0.15) is 37.5 Å². The minimum absolute atomic E-state index is 0.000429. The van der Waals surface area contributed by atoms with E-state index in [-0.39, 0.29) is 39.0 Å². The number of hydrogen-bond acceptors (Lipinski definition) is 4. The molecule has 0 fully saturated rings. The van der Waals surface area contributed by atoms with E-state index in [4.69, 9.17) is 23.2 Å². The monoisotopic (exact) mass is 603 g/mol. The number of anilines is 1. The van der Waals surface area contributed by atoms with Gasteiger partial charge in [-0.3, -0.25) is 13.9 Å². The van der Waals surface area contributed by atoms with E-state index in [2.05, 4.69) is 5.32 Å². The van der Waals surface area contributed by atoms with Crippen molar-refractivity contribution in [3.8, 4) is 0 Å². The minimum atomic E-state index is -4.24. The zero-order valence-corrected chi connectivity index (χ0v) is 25.6. The third-order valence-electron chi connectivity index (χ3n) is 6.41. The number of rotatable bonds is 11. The highest BCUT2D eigenvalue weighted by molar-refractivity contribution is 7.92. The second kappa shape index (κ2) is 13.5. The molecule has 10 heteroatoms. The van der Waals surface area contributed by atoms with Crippen molar-refractivity contribution in [3.05, 3.63) is 93.5 Å². The van der Waals surface area contributed by atoms with Crippen molar-refractivity contribution in [3.63, 3.8) is 0 Å². The summed E-state index contributed by atoms with van der Waals surface area (Å²) in [6.07, 6.45) is 0. The number of aryl methyl sites for hydroxylation is 2. The van der Waals surface area contributed by atoms with Crippen LogP contribution in [-0.2, 0) is 26.2 Å². The predicted molar refractivity (Wildman–Crippen MR) is 161 cm³/mol. The molecule has 40 heavy (non-hydrogen) atoms. The zero-order valence-electron chi connectivity index (χ0n) is 23.3. The van der Waals surface area contributed by atoms with Crippen molar-refractivity contribution in [2.75, 3.05) is 17.4 Å². The SMILES string of the molecule is Cc1ccc(CN(C(=O)CN(c2cccc(Cl)c2Cl)S(=O)(=O)c2ccc(C)cc2)[C@H](C)C(=O)NCC(C)C)cc1. The van der Waals surface area contributed by atoms with E-state index < -0.39 is 28.5 Å². The smallest absolute Gasteiger partial charge is 0.264 e. The summed E-state index contributed by atoms with van der Waals surface area (Å²) < 4.78 is 28.8. The Bertz CT molecular complexity index is 1440. The number of nitrogens with zero attached hydrogens (tertiary/aromatic N) is 2. The summed E-state index contributed by atoms with van der Waals surface area (Å²) >= 11 is 12.7. The molecule has 0 aliphatic carbocycles. The topological polar surface area (TPSA) is 86.8 Å². The van der Waals surface area contributed by atoms with Crippen molar-refractivity contribution in [2.45, 2.75) is 52.1 Å².